The Hall–Kier alpha value is -3.63. The third-order valence-corrected chi connectivity index (χ3v) is 4.77. The van der Waals surface area contributed by atoms with Gasteiger partial charge in [0.2, 0.25) is 17.7 Å². The molecular formula is C20H26N4O7. The van der Waals surface area contributed by atoms with Crippen LogP contribution in [0.5, 0.6) is 0 Å². The topological polar surface area (TPSA) is 168 Å². The molecule has 0 radical (unpaired) electrons. The number of hydrogen-bond acceptors (Lipinski definition) is 6. The van der Waals surface area contributed by atoms with Gasteiger partial charge in [0.25, 0.3) is 0 Å². The molecule has 1 aromatic rings. The van der Waals surface area contributed by atoms with Gasteiger partial charge >= 0.3 is 12.1 Å². The summed E-state index contributed by atoms with van der Waals surface area (Å²) in [6, 6.07) is 6.84. The van der Waals surface area contributed by atoms with Crippen molar-refractivity contribution >= 4 is 29.8 Å². The highest BCUT2D eigenvalue weighted by molar-refractivity contribution is 5.91. The fourth-order valence-corrected chi connectivity index (χ4v) is 3.17. The summed E-state index contributed by atoms with van der Waals surface area (Å²) < 4.78 is 5.08. The van der Waals surface area contributed by atoms with E-state index in [2.05, 4.69) is 10.6 Å². The number of nitrogens with one attached hydrogen (secondary N) is 2. The van der Waals surface area contributed by atoms with Gasteiger partial charge in [0.1, 0.15) is 18.7 Å². The molecule has 0 aliphatic carbocycles. The highest BCUT2D eigenvalue weighted by Gasteiger charge is 2.34. The Labute approximate surface area is 178 Å². The SMILES string of the molecule is NC(=O)CC[C@H](NC(=O)OCc1ccccc1)C(=O)NCC(=O)N1CCC[C@H]1C(=O)O. The zero-order valence-electron chi connectivity index (χ0n) is 16.9. The summed E-state index contributed by atoms with van der Waals surface area (Å²) in [4.78, 5) is 60.3. The van der Waals surface area contributed by atoms with Crippen LogP contribution in [-0.4, -0.2) is 65.0 Å². The molecule has 11 nitrogen and oxygen atoms in total. The molecule has 0 unspecified atom stereocenters. The van der Waals surface area contributed by atoms with Crippen molar-refractivity contribution in [2.75, 3.05) is 13.1 Å². The van der Waals surface area contributed by atoms with Crippen LogP contribution in [-0.2, 0) is 30.5 Å². The first-order valence-electron chi connectivity index (χ1n) is 9.83. The van der Waals surface area contributed by atoms with Crippen molar-refractivity contribution in [1.29, 1.82) is 0 Å². The molecular weight excluding hydrogens is 408 g/mol. The highest BCUT2D eigenvalue weighted by Crippen LogP contribution is 2.17. The largest absolute Gasteiger partial charge is 0.480 e. The average molecular weight is 434 g/mol. The van der Waals surface area contributed by atoms with Gasteiger partial charge in [0.15, 0.2) is 0 Å². The number of alkyl carbamates (subject to hydrolysis) is 1. The van der Waals surface area contributed by atoms with Gasteiger partial charge in [-0.2, -0.15) is 0 Å². The Bertz CT molecular complexity index is 815. The first-order chi connectivity index (χ1) is 14.8. The van der Waals surface area contributed by atoms with Gasteiger partial charge in [-0.15, -0.1) is 0 Å². The molecule has 1 saturated heterocycles. The van der Waals surface area contributed by atoms with Crippen molar-refractivity contribution in [3.8, 4) is 0 Å². The molecule has 1 aromatic carbocycles. The number of primary amides is 1. The lowest BCUT2D eigenvalue weighted by Crippen LogP contribution is -2.51. The quantitative estimate of drug-likeness (QED) is 0.393. The molecule has 0 bridgehead atoms. The number of nitrogens with two attached hydrogens (primary N) is 1. The fraction of sp³-hybridized carbons (Fsp3) is 0.450. The third kappa shape index (κ3) is 7.61. The zero-order valence-corrected chi connectivity index (χ0v) is 16.9. The molecule has 2 atom stereocenters. The number of amides is 4. The fourth-order valence-electron chi connectivity index (χ4n) is 3.17. The van der Waals surface area contributed by atoms with Crippen LogP contribution in [0.2, 0.25) is 0 Å². The Morgan fingerprint density at radius 1 is 1.19 bits per heavy atom. The number of rotatable bonds is 10. The second-order valence-corrected chi connectivity index (χ2v) is 7.06. The number of ether oxygens (including phenoxy) is 1. The smallest absolute Gasteiger partial charge is 0.408 e. The summed E-state index contributed by atoms with van der Waals surface area (Å²) in [7, 11) is 0. The minimum atomic E-state index is -1.16. The van der Waals surface area contributed by atoms with E-state index in [0.29, 0.717) is 19.4 Å². The van der Waals surface area contributed by atoms with Crippen molar-refractivity contribution in [3.63, 3.8) is 0 Å². The maximum atomic E-state index is 12.5. The zero-order chi connectivity index (χ0) is 22.8. The highest BCUT2D eigenvalue weighted by atomic mass is 16.5. The lowest BCUT2D eigenvalue weighted by molar-refractivity contribution is -0.148. The van der Waals surface area contributed by atoms with Crippen molar-refractivity contribution in [3.05, 3.63) is 35.9 Å². The Balaban J connectivity index is 1.89. The summed E-state index contributed by atoms with van der Waals surface area (Å²) in [6.45, 7) is -0.155. The Kier molecular flexibility index (Phi) is 8.79. The molecule has 0 spiro atoms. The standard InChI is InChI=1S/C20H26N4O7/c21-16(25)9-8-14(23-20(30)31-12-13-5-2-1-3-6-13)18(27)22-11-17(26)24-10-4-7-15(24)19(28)29/h1-3,5-6,14-15H,4,7-12H2,(H2,21,25)(H,22,27)(H,23,30)(H,28,29)/t14-,15-/m0/s1. The molecule has 1 heterocycles. The molecule has 11 heteroatoms. The van der Waals surface area contributed by atoms with Crippen LogP contribution in [0.4, 0.5) is 4.79 Å². The van der Waals surface area contributed by atoms with E-state index in [1.807, 2.05) is 6.07 Å². The maximum absolute atomic E-state index is 12.5. The molecule has 1 aliphatic heterocycles. The van der Waals surface area contributed by atoms with E-state index in [4.69, 9.17) is 15.6 Å². The molecule has 1 fully saturated rings. The number of carboxylic acid groups (broad SMARTS) is 1. The number of likely N-dealkylation sites (tertiary alicyclic amines) is 1. The Morgan fingerprint density at radius 3 is 2.55 bits per heavy atom. The number of carboxylic acids is 1. The van der Waals surface area contributed by atoms with Gasteiger partial charge < -0.3 is 31.1 Å². The van der Waals surface area contributed by atoms with E-state index in [1.54, 1.807) is 24.3 Å². The predicted molar refractivity (Wildman–Crippen MR) is 107 cm³/mol. The molecule has 4 amide bonds. The van der Waals surface area contributed by atoms with Crippen LogP contribution in [0.1, 0.15) is 31.2 Å². The predicted octanol–water partition coefficient (Wildman–Crippen LogP) is -0.261. The van der Waals surface area contributed by atoms with E-state index in [0.717, 1.165) is 5.56 Å². The van der Waals surface area contributed by atoms with E-state index in [-0.39, 0.29) is 19.4 Å². The molecule has 1 aliphatic rings. The number of carbonyl (C=O) groups is 5. The summed E-state index contributed by atoms with van der Waals surface area (Å²) >= 11 is 0. The van der Waals surface area contributed by atoms with Gasteiger partial charge in [-0.25, -0.2) is 9.59 Å². The average Bonchev–Trinajstić information content (AvgIpc) is 3.24. The molecule has 5 N–H and O–H groups in total. The van der Waals surface area contributed by atoms with E-state index in [1.165, 1.54) is 4.90 Å². The number of carbonyl (C=O) groups excluding carboxylic acids is 4. The van der Waals surface area contributed by atoms with Crippen molar-refractivity contribution in [2.45, 2.75) is 44.4 Å². The molecule has 168 valence electrons. The minimum absolute atomic E-state index is 0.0130. The summed E-state index contributed by atoms with van der Waals surface area (Å²) in [5.74, 6) is -3.01. The first-order valence-corrected chi connectivity index (χ1v) is 9.83. The van der Waals surface area contributed by atoms with Crippen LogP contribution in [0.15, 0.2) is 30.3 Å². The van der Waals surface area contributed by atoms with Crippen molar-refractivity contribution < 1.29 is 33.8 Å². The molecule has 0 aromatic heterocycles. The second-order valence-electron chi connectivity index (χ2n) is 7.06. The Morgan fingerprint density at radius 2 is 1.90 bits per heavy atom. The lowest BCUT2D eigenvalue weighted by Gasteiger charge is -2.22. The number of nitrogens with zero attached hydrogens (tertiary/aromatic N) is 1. The van der Waals surface area contributed by atoms with E-state index < -0.39 is 48.4 Å². The van der Waals surface area contributed by atoms with Gasteiger partial charge in [0, 0.05) is 13.0 Å². The van der Waals surface area contributed by atoms with Gasteiger partial charge in [-0.1, -0.05) is 30.3 Å². The maximum Gasteiger partial charge on any atom is 0.408 e. The lowest BCUT2D eigenvalue weighted by atomic mass is 10.1. The van der Waals surface area contributed by atoms with Crippen LogP contribution in [0.3, 0.4) is 0 Å². The van der Waals surface area contributed by atoms with Crippen LogP contribution < -0.4 is 16.4 Å². The minimum Gasteiger partial charge on any atom is -0.480 e. The summed E-state index contributed by atoms with van der Waals surface area (Å²) in [5.41, 5.74) is 5.87. The van der Waals surface area contributed by atoms with Crippen molar-refractivity contribution in [2.24, 2.45) is 5.73 Å². The van der Waals surface area contributed by atoms with E-state index in [9.17, 15) is 24.0 Å². The van der Waals surface area contributed by atoms with Gasteiger partial charge in [-0.3, -0.25) is 14.4 Å². The summed E-state index contributed by atoms with van der Waals surface area (Å²) in [6.07, 6.45) is -0.210. The van der Waals surface area contributed by atoms with Gasteiger partial charge in [-0.05, 0) is 24.8 Å². The van der Waals surface area contributed by atoms with Crippen LogP contribution in [0.25, 0.3) is 0 Å². The van der Waals surface area contributed by atoms with Gasteiger partial charge in [0.05, 0.1) is 6.54 Å². The molecule has 0 saturated carbocycles. The van der Waals surface area contributed by atoms with Crippen LogP contribution >= 0.6 is 0 Å². The summed E-state index contributed by atoms with van der Waals surface area (Å²) in [5, 5.41) is 13.9. The van der Waals surface area contributed by atoms with Crippen LogP contribution in [0, 0.1) is 0 Å². The molecule has 2 rings (SSSR count). The third-order valence-electron chi connectivity index (χ3n) is 4.77. The first kappa shape index (κ1) is 23.6. The second kappa shape index (κ2) is 11.5. The number of aliphatic carboxylic acids is 1. The van der Waals surface area contributed by atoms with E-state index >= 15 is 0 Å². The normalized spacial score (nSPS) is 16.3. The monoisotopic (exact) mass is 434 g/mol. The number of benzene rings is 1. The number of hydrogen-bond donors (Lipinski definition) is 4. The molecule has 31 heavy (non-hydrogen) atoms. The van der Waals surface area contributed by atoms with Crippen molar-refractivity contribution in [1.82, 2.24) is 15.5 Å².